The lowest BCUT2D eigenvalue weighted by molar-refractivity contribution is 2.27. The van der Waals surface area contributed by atoms with Gasteiger partial charge in [0.15, 0.2) is 0 Å². The fourth-order valence-electron chi connectivity index (χ4n) is 0.795. The van der Waals surface area contributed by atoms with E-state index in [2.05, 4.69) is 35.8 Å². The van der Waals surface area contributed by atoms with E-state index in [4.69, 9.17) is 0 Å². The molecule has 11 heavy (non-hydrogen) atoms. The van der Waals surface area contributed by atoms with Crippen LogP contribution < -0.4 is 0 Å². The molecule has 0 aliphatic carbocycles. The predicted octanol–water partition coefficient (Wildman–Crippen LogP) is 3.47. The molecule has 0 saturated carbocycles. The Hall–Kier alpha value is 0.530. The van der Waals surface area contributed by atoms with Gasteiger partial charge in [0.2, 0.25) is 0 Å². The van der Waals surface area contributed by atoms with Gasteiger partial charge in [0, 0.05) is 8.47 Å². The van der Waals surface area contributed by atoms with Gasteiger partial charge in [0.1, 0.15) is 0 Å². The Morgan fingerprint density at radius 3 is 1.36 bits per heavy atom. The third-order valence-corrected chi connectivity index (χ3v) is 9.37. The fourth-order valence-corrected chi connectivity index (χ4v) is 7.26. The van der Waals surface area contributed by atoms with Gasteiger partial charge in [0.05, 0.1) is 0 Å². The zero-order valence-electron chi connectivity index (χ0n) is 7.38. The highest BCUT2D eigenvalue weighted by molar-refractivity contribution is 8.58. The molecule has 2 aliphatic rings. The molecule has 0 fully saturated rings. The molecular weight excluding hydrogens is 192 g/mol. The summed E-state index contributed by atoms with van der Waals surface area (Å²) in [5.74, 6) is 0. The van der Waals surface area contributed by atoms with Crippen LogP contribution in [0.15, 0.2) is 19.3 Å². The second-order valence-corrected chi connectivity index (χ2v) is 12.4. The van der Waals surface area contributed by atoms with Gasteiger partial charge in [-0.2, -0.15) is 20.1 Å². The van der Waals surface area contributed by atoms with Crippen molar-refractivity contribution in [3.05, 3.63) is 19.3 Å². The highest BCUT2D eigenvalue weighted by Crippen LogP contribution is 2.78. The van der Waals surface area contributed by atoms with Crippen LogP contribution in [0.2, 0.25) is 0 Å². The molecule has 0 atom stereocenters. The Labute approximate surface area is 76.1 Å². The van der Waals surface area contributed by atoms with Crippen LogP contribution in [0.4, 0.5) is 0 Å². The van der Waals surface area contributed by atoms with Crippen LogP contribution >= 0.6 is 31.8 Å². The maximum atomic E-state index is 2.44. The summed E-state index contributed by atoms with van der Waals surface area (Å²) in [7, 11) is -0.671. The molecule has 0 aromatic heterocycles. The molecule has 0 N–H and O–H groups in total. The third-order valence-electron chi connectivity index (χ3n) is 1.91. The van der Waals surface area contributed by atoms with Crippen molar-refractivity contribution >= 4 is 31.8 Å². The molecule has 2 rings (SSSR count). The van der Waals surface area contributed by atoms with Crippen molar-refractivity contribution in [1.82, 2.24) is 0 Å². The number of hydrogen-bond donors (Lipinski definition) is 0. The second kappa shape index (κ2) is 2.06. The van der Waals surface area contributed by atoms with Gasteiger partial charge in [-0.25, -0.2) is 0 Å². The number of hydrogen-bond acceptors (Lipinski definition) is 1. The zero-order valence-corrected chi connectivity index (χ0v) is 9.83. The van der Waals surface area contributed by atoms with Gasteiger partial charge < -0.3 is 0 Å². The minimum atomic E-state index is -0.336. The van der Waals surface area contributed by atoms with Crippen molar-refractivity contribution in [2.24, 2.45) is 0 Å². The van der Waals surface area contributed by atoms with E-state index in [1.165, 1.54) is 0 Å². The van der Waals surface area contributed by atoms with Crippen LogP contribution in [0.3, 0.4) is 0 Å². The van der Waals surface area contributed by atoms with E-state index < -0.39 is 0 Å². The van der Waals surface area contributed by atoms with E-state index in [-0.39, 0.29) is 20.1 Å². The molecule has 0 bridgehead atoms. The lowest BCUT2D eigenvalue weighted by Gasteiger charge is -2.11. The average molecular weight is 206 g/mol. The molecule has 0 spiro atoms. The van der Waals surface area contributed by atoms with E-state index >= 15 is 0 Å². The molecule has 0 amide bonds. The van der Waals surface area contributed by atoms with Gasteiger partial charge in [-0.05, 0) is 35.8 Å². The molecular formula is C8H14S3. The van der Waals surface area contributed by atoms with Crippen molar-refractivity contribution < 1.29 is 0 Å². The first-order valence-corrected chi connectivity index (χ1v) is 9.34. The average Bonchev–Trinajstić information content (AvgIpc) is 2.54. The summed E-state index contributed by atoms with van der Waals surface area (Å²) in [5.41, 5.74) is 0. The summed E-state index contributed by atoms with van der Waals surface area (Å²) in [6, 6.07) is 0. The maximum Gasteiger partial charge on any atom is 0.0367 e. The van der Waals surface area contributed by atoms with E-state index in [1.807, 2.05) is 11.8 Å². The van der Waals surface area contributed by atoms with Crippen molar-refractivity contribution in [3.63, 3.8) is 0 Å². The molecule has 0 saturated heterocycles. The first kappa shape index (κ1) is 8.14. The Morgan fingerprint density at radius 1 is 0.909 bits per heavy atom. The Kier molecular flexibility index (Phi) is 1.53. The largest absolute Gasteiger partial charge is 0.192 e. The summed E-state index contributed by atoms with van der Waals surface area (Å²) in [6.45, 7) is 0. The van der Waals surface area contributed by atoms with Gasteiger partial charge in [-0.15, -0.1) is 0 Å². The molecule has 2 aliphatic heterocycles. The third kappa shape index (κ3) is 1.51. The Balaban J connectivity index is 1.88. The van der Waals surface area contributed by atoms with Gasteiger partial charge in [0.25, 0.3) is 0 Å². The maximum absolute atomic E-state index is 2.44. The van der Waals surface area contributed by atoms with Crippen LogP contribution in [-0.2, 0) is 0 Å². The normalized spacial score (nSPS) is 34.9. The smallest absolute Gasteiger partial charge is 0.0367 e. The lowest BCUT2D eigenvalue weighted by Crippen LogP contribution is -1.72. The minimum absolute atomic E-state index is 0.336. The van der Waals surface area contributed by atoms with Crippen molar-refractivity contribution in [2.75, 3.05) is 25.0 Å². The predicted molar refractivity (Wildman–Crippen MR) is 62.6 cm³/mol. The van der Waals surface area contributed by atoms with E-state index in [9.17, 15) is 0 Å². The quantitative estimate of drug-likeness (QED) is 0.666. The van der Waals surface area contributed by atoms with E-state index in [0.29, 0.717) is 0 Å². The number of thioether (sulfide) groups is 1. The summed E-state index contributed by atoms with van der Waals surface area (Å²) < 4.78 is 3.31. The topological polar surface area (TPSA) is 0 Å². The first-order chi connectivity index (χ1) is 4.92. The molecule has 3 heteroatoms. The molecule has 0 nitrogen and oxygen atoms in total. The molecule has 0 unspecified atom stereocenters. The molecule has 0 radical (unpaired) electrons. The summed E-state index contributed by atoms with van der Waals surface area (Å²) in [4.78, 5) is 0. The number of rotatable bonds is 2. The van der Waals surface area contributed by atoms with Crippen LogP contribution in [0.5, 0.6) is 0 Å². The summed E-state index contributed by atoms with van der Waals surface area (Å²) in [6.07, 6.45) is 9.45. The van der Waals surface area contributed by atoms with Crippen LogP contribution in [-0.4, -0.2) is 25.0 Å². The standard InChI is InChI=1S/C8H14S3/c1-10(2)5-7(10)9-8-6-11(8,3)4/h5-6H,1-4H3. The lowest BCUT2D eigenvalue weighted by atomic mass is 11.3. The fraction of sp³-hybridized carbons (Fsp3) is 0.500. The van der Waals surface area contributed by atoms with E-state index in [0.717, 1.165) is 0 Å². The first-order valence-electron chi connectivity index (χ1n) is 3.50. The minimum Gasteiger partial charge on any atom is -0.192 e. The summed E-state index contributed by atoms with van der Waals surface area (Å²) >= 11 is 2.04. The van der Waals surface area contributed by atoms with Gasteiger partial charge in [-0.3, -0.25) is 0 Å². The second-order valence-electron chi connectivity index (χ2n) is 3.79. The highest BCUT2D eigenvalue weighted by Gasteiger charge is 2.37. The van der Waals surface area contributed by atoms with Gasteiger partial charge in [-0.1, -0.05) is 11.8 Å². The monoisotopic (exact) mass is 206 g/mol. The molecule has 0 aromatic rings. The molecule has 0 aromatic carbocycles. The van der Waals surface area contributed by atoms with Gasteiger partial charge >= 0.3 is 0 Å². The molecule has 2 heterocycles. The molecule has 64 valence electrons. The van der Waals surface area contributed by atoms with Crippen LogP contribution in [0.25, 0.3) is 0 Å². The Morgan fingerprint density at radius 2 is 1.18 bits per heavy atom. The summed E-state index contributed by atoms with van der Waals surface area (Å²) in [5, 5.41) is 4.87. The highest BCUT2D eigenvalue weighted by atomic mass is 32.3. The van der Waals surface area contributed by atoms with Crippen molar-refractivity contribution in [1.29, 1.82) is 0 Å². The SMILES string of the molecule is CS1(C)C=C1SC1=CS1(C)C. The Bertz CT molecular complexity index is 243. The van der Waals surface area contributed by atoms with E-state index in [1.54, 1.807) is 8.47 Å². The van der Waals surface area contributed by atoms with Crippen molar-refractivity contribution in [2.45, 2.75) is 0 Å². The van der Waals surface area contributed by atoms with Crippen LogP contribution in [0.1, 0.15) is 0 Å². The zero-order chi connectivity index (χ0) is 8.28. The van der Waals surface area contributed by atoms with Crippen LogP contribution in [0, 0.1) is 0 Å². The van der Waals surface area contributed by atoms with Crippen molar-refractivity contribution in [3.8, 4) is 0 Å².